The number of nitrogens with one attached hydrogen (secondary N) is 1. The van der Waals surface area contributed by atoms with Gasteiger partial charge in [-0.3, -0.25) is 9.59 Å². The molecule has 0 aromatic carbocycles. The van der Waals surface area contributed by atoms with Crippen LogP contribution in [0.4, 0.5) is 0 Å². The van der Waals surface area contributed by atoms with Gasteiger partial charge in [-0.15, -0.1) is 0 Å². The van der Waals surface area contributed by atoms with Gasteiger partial charge in [-0.05, 0) is 57.8 Å². The number of aliphatic hydroxyl groups excluding tert-OH is 2. The van der Waals surface area contributed by atoms with Gasteiger partial charge in [0.1, 0.15) is 0 Å². The number of hydrogen-bond donors (Lipinski definition) is 3. The molecule has 6 heteroatoms. The predicted molar refractivity (Wildman–Crippen MR) is 296 cm³/mol. The molecule has 0 saturated carbocycles. The van der Waals surface area contributed by atoms with E-state index in [1.807, 2.05) is 0 Å². The number of unbranched alkanes of at least 4 members (excludes halogenated alkanes) is 42. The summed E-state index contributed by atoms with van der Waals surface area (Å²) in [4.78, 5) is 24.5. The average molecular weight is 959 g/mol. The number of ether oxygens (including phenoxy) is 1. The van der Waals surface area contributed by atoms with E-state index in [0.717, 1.165) is 51.4 Å². The number of esters is 1. The molecular weight excluding hydrogens is 839 g/mol. The number of rotatable bonds is 57. The minimum Gasteiger partial charge on any atom is -0.466 e. The maximum atomic E-state index is 12.5. The van der Waals surface area contributed by atoms with E-state index in [-0.39, 0.29) is 18.5 Å². The van der Waals surface area contributed by atoms with Crippen LogP contribution in [0.1, 0.15) is 335 Å². The Kier molecular flexibility index (Phi) is 56.5. The topological polar surface area (TPSA) is 95.9 Å². The number of carbonyl (C=O) groups excluding carboxylic acids is 2. The number of aliphatic hydroxyl groups is 2. The lowest BCUT2D eigenvalue weighted by molar-refractivity contribution is -0.143. The molecule has 0 aromatic rings. The van der Waals surface area contributed by atoms with Gasteiger partial charge in [-0.2, -0.15) is 0 Å². The van der Waals surface area contributed by atoms with Crippen molar-refractivity contribution in [3.05, 3.63) is 24.3 Å². The molecule has 0 aliphatic carbocycles. The highest BCUT2D eigenvalue weighted by molar-refractivity contribution is 5.76. The van der Waals surface area contributed by atoms with Gasteiger partial charge >= 0.3 is 5.97 Å². The second-order valence-corrected chi connectivity index (χ2v) is 21.0. The van der Waals surface area contributed by atoms with Crippen LogP contribution in [0.3, 0.4) is 0 Å². The summed E-state index contributed by atoms with van der Waals surface area (Å²) < 4.78 is 5.49. The molecule has 0 aliphatic heterocycles. The van der Waals surface area contributed by atoms with Gasteiger partial charge in [-0.1, -0.05) is 289 Å². The second kappa shape index (κ2) is 57.9. The lowest BCUT2D eigenvalue weighted by atomic mass is 10.0. The van der Waals surface area contributed by atoms with Crippen molar-refractivity contribution >= 4 is 11.9 Å². The van der Waals surface area contributed by atoms with E-state index in [1.54, 1.807) is 0 Å². The van der Waals surface area contributed by atoms with E-state index in [0.29, 0.717) is 25.9 Å². The molecule has 0 radical (unpaired) electrons. The Morgan fingerprint density at radius 3 is 1.13 bits per heavy atom. The van der Waals surface area contributed by atoms with Crippen molar-refractivity contribution in [1.29, 1.82) is 0 Å². The third-order valence-electron chi connectivity index (χ3n) is 14.3. The largest absolute Gasteiger partial charge is 0.466 e. The summed E-state index contributed by atoms with van der Waals surface area (Å²) in [7, 11) is 0. The average Bonchev–Trinajstić information content (AvgIpc) is 3.34. The normalized spacial score (nSPS) is 12.7. The summed E-state index contributed by atoms with van der Waals surface area (Å²) >= 11 is 0. The van der Waals surface area contributed by atoms with Crippen LogP contribution in [-0.4, -0.2) is 47.4 Å². The van der Waals surface area contributed by atoms with E-state index in [4.69, 9.17) is 4.74 Å². The molecule has 402 valence electrons. The first kappa shape index (κ1) is 66.3. The molecule has 0 rings (SSSR count). The summed E-state index contributed by atoms with van der Waals surface area (Å²) in [6.07, 6.45) is 70.3. The summed E-state index contributed by atoms with van der Waals surface area (Å²) in [6.45, 7) is 4.94. The zero-order valence-electron chi connectivity index (χ0n) is 45.9. The van der Waals surface area contributed by atoms with E-state index in [2.05, 4.69) is 43.5 Å². The van der Waals surface area contributed by atoms with E-state index in [9.17, 15) is 19.8 Å². The molecule has 3 N–H and O–H groups in total. The molecule has 1 amide bonds. The van der Waals surface area contributed by atoms with Crippen LogP contribution in [0.25, 0.3) is 0 Å². The molecule has 0 fully saturated rings. The van der Waals surface area contributed by atoms with Crippen molar-refractivity contribution in [1.82, 2.24) is 5.32 Å². The van der Waals surface area contributed by atoms with Gasteiger partial charge in [0.25, 0.3) is 0 Å². The maximum Gasteiger partial charge on any atom is 0.305 e. The summed E-state index contributed by atoms with van der Waals surface area (Å²) in [5.74, 6) is -0.0323. The first-order chi connectivity index (χ1) is 33.5. The maximum absolute atomic E-state index is 12.5. The molecule has 0 aromatic heterocycles. The highest BCUT2D eigenvalue weighted by atomic mass is 16.5. The number of hydrogen-bond acceptors (Lipinski definition) is 5. The van der Waals surface area contributed by atoms with Gasteiger partial charge in [0, 0.05) is 12.8 Å². The Hall–Kier alpha value is -1.66. The zero-order chi connectivity index (χ0) is 49.3. The van der Waals surface area contributed by atoms with Crippen LogP contribution < -0.4 is 5.32 Å². The Labute approximate surface area is 424 Å². The fourth-order valence-corrected chi connectivity index (χ4v) is 9.55. The van der Waals surface area contributed by atoms with Crippen LogP contribution in [-0.2, 0) is 14.3 Å². The molecule has 0 bridgehead atoms. The standard InChI is InChI=1S/C62H119NO5/c1-3-5-7-9-11-13-15-17-18-19-25-28-32-36-40-44-48-52-56-62(67)68-57-53-49-45-41-37-33-29-26-23-21-20-22-24-27-31-35-39-43-47-51-55-61(66)63-59(58-64)60(65)54-50-46-42-38-34-30-16-14-12-10-8-6-4-2/h13,15,18-19,59-60,64-65H,3-12,14,16-17,20-58H2,1-2H3,(H,63,66)/b15-13-,19-18-. The van der Waals surface area contributed by atoms with E-state index in [1.165, 1.54) is 250 Å². The number of amides is 1. The minimum atomic E-state index is -0.665. The van der Waals surface area contributed by atoms with E-state index < -0.39 is 12.1 Å². The van der Waals surface area contributed by atoms with Gasteiger partial charge < -0.3 is 20.3 Å². The van der Waals surface area contributed by atoms with Crippen LogP contribution in [0.15, 0.2) is 24.3 Å². The van der Waals surface area contributed by atoms with Crippen molar-refractivity contribution in [2.45, 2.75) is 347 Å². The fourth-order valence-electron chi connectivity index (χ4n) is 9.55. The smallest absolute Gasteiger partial charge is 0.305 e. The van der Waals surface area contributed by atoms with Crippen LogP contribution in [0.5, 0.6) is 0 Å². The fraction of sp³-hybridized carbons (Fsp3) is 0.903. The van der Waals surface area contributed by atoms with Crippen LogP contribution in [0, 0.1) is 0 Å². The number of carbonyl (C=O) groups is 2. The predicted octanol–water partition coefficient (Wildman–Crippen LogP) is 19.0. The monoisotopic (exact) mass is 958 g/mol. The van der Waals surface area contributed by atoms with Crippen molar-refractivity contribution in [2.24, 2.45) is 0 Å². The Balaban J connectivity index is 3.37. The molecule has 0 aliphatic rings. The Morgan fingerprint density at radius 2 is 0.735 bits per heavy atom. The summed E-state index contributed by atoms with van der Waals surface area (Å²) in [5.41, 5.74) is 0. The Morgan fingerprint density at radius 1 is 0.412 bits per heavy atom. The quantitative estimate of drug-likeness (QED) is 0.0321. The first-order valence-corrected chi connectivity index (χ1v) is 30.6. The summed E-state index contributed by atoms with van der Waals surface area (Å²) in [5, 5.41) is 23.2. The molecule has 2 atom stereocenters. The lowest BCUT2D eigenvalue weighted by Crippen LogP contribution is -2.45. The van der Waals surface area contributed by atoms with Crippen molar-refractivity contribution in [3.63, 3.8) is 0 Å². The molecule has 2 unspecified atom stereocenters. The van der Waals surface area contributed by atoms with Crippen molar-refractivity contribution in [2.75, 3.05) is 13.2 Å². The second-order valence-electron chi connectivity index (χ2n) is 21.0. The third-order valence-corrected chi connectivity index (χ3v) is 14.3. The minimum absolute atomic E-state index is 0.00366. The zero-order valence-corrected chi connectivity index (χ0v) is 45.9. The lowest BCUT2D eigenvalue weighted by Gasteiger charge is -2.22. The molecule has 0 saturated heterocycles. The van der Waals surface area contributed by atoms with E-state index >= 15 is 0 Å². The molecule has 68 heavy (non-hydrogen) atoms. The van der Waals surface area contributed by atoms with Crippen molar-refractivity contribution in [3.8, 4) is 0 Å². The molecule has 0 spiro atoms. The Bertz CT molecular complexity index is 1060. The van der Waals surface area contributed by atoms with Gasteiger partial charge in [-0.25, -0.2) is 0 Å². The first-order valence-electron chi connectivity index (χ1n) is 30.6. The summed E-state index contributed by atoms with van der Waals surface area (Å²) in [6, 6.07) is -0.542. The SMILES string of the molecule is CCCCCC/C=C\C/C=C\CCCCCCCCCC(=O)OCCCCCCCCCCCCCCCCCCCCCCC(=O)NC(CO)C(O)CCCCCCCCCCCCCCC. The molecular formula is C62H119NO5. The molecule has 6 nitrogen and oxygen atoms in total. The van der Waals surface area contributed by atoms with Crippen LogP contribution in [0.2, 0.25) is 0 Å². The van der Waals surface area contributed by atoms with Crippen LogP contribution >= 0.6 is 0 Å². The highest BCUT2D eigenvalue weighted by Gasteiger charge is 2.20. The van der Waals surface area contributed by atoms with Gasteiger partial charge in [0.15, 0.2) is 0 Å². The third kappa shape index (κ3) is 53.7. The molecule has 0 heterocycles. The van der Waals surface area contributed by atoms with Gasteiger partial charge in [0.2, 0.25) is 5.91 Å². The van der Waals surface area contributed by atoms with Gasteiger partial charge in [0.05, 0.1) is 25.4 Å². The van der Waals surface area contributed by atoms with Crippen molar-refractivity contribution < 1.29 is 24.5 Å². The highest BCUT2D eigenvalue weighted by Crippen LogP contribution is 2.18. The number of allylic oxidation sites excluding steroid dienone is 4.